The van der Waals surface area contributed by atoms with Crippen LogP contribution in [0.4, 0.5) is 4.39 Å². The fourth-order valence-corrected chi connectivity index (χ4v) is 2.46. The van der Waals surface area contributed by atoms with Gasteiger partial charge in [-0.2, -0.15) is 0 Å². The van der Waals surface area contributed by atoms with Gasteiger partial charge in [-0.1, -0.05) is 48.9 Å². The summed E-state index contributed by atoms with van der Waals surface area (Å²) in [5.74, 6) is -0.383. The highest BCUT2D eigenvalue weighted by atomic mass is 35.5. The van der Waals surface area contributed by atoms with E-state index in [1.54, 1.807) is 12.1 Å². The molecule has 1 N–H and O–H groups in total. The number of nitrogens with one attached hydrogen (secondary N) is 1. The van der Waals surface area contributed by atoms with Crippen LogP contribution in [0.15, 0.2) is 42.5 Å². The molecule has 0 aliphatic rings. The SMILES string of the molecule is CCNC(C)Cc1ccc(-c2ccc(F)c(Cl)c2)cc1. The molecule has 2 aromatic rings. The predicted octanol–water partition coefficient (Wildman–Crippen LogP) is 4.69. The number of benzene rings is 2. The quantitative estimate of drug-likeness (QED) is 0.843. The number of hydrogen-bond acceptors (Lipinski definition) is 1. The maximum Gasteiger partial charge on any atom is 0.141 e. The van der Waals surface area contributed by atoms with Crippen molar-refractivity contribution in [3.05, 3.63) is 58.9 Å². The van der Waals surface area contributed by atoms with Crippen molar-refractivity contribution in [1.29, 1.82) is 0 Å². The predicted molar refractivity (Wildman–Crippen MR) is 83.7 cm³/mol. The maximum absolute atomic E-state index is 13.2. The van der Waals surface area contributed by atoms with E-state index in [0.717, 1.165) is 24.1 Å². The highest BCUT2D eigenvalue weighted by Gasteiger charge is 2.05. The Morgan fingerprint density at radius 1 is 1.10 bits per heavy atom. The van der Waals surface area contributed by atoms with Crippen LogP contribution in [-0.4, -0.2) is 12.6 Å². The first kappa shape index (κ1) is 15.0. The molecule has 0 aromatic heterocycles. The first-order valence-corrected chi connectivity index (χ1v) is 7.25. The van der Waals surface area contributed by atoms with Gasteiger partial charge in [-0.25, -0.2) is 4.39 Å². The minimum atomic E-state index is -0.383. The second kappa shape index (κ2) is 6.87. The summed E-state index contributed by atoms with van der Waals surface area (Å²) in [6, 6.07) is 13.6. The average molecular weight is 292 g/mol. The summed E-state index contributed by atoms with van der Waals surface area (Å²) in [6.07, 6.45) is 0.998. The monoisotopic (exact) mass is 291 g/mol. The van der Waals surface area contributed by atoms with E-state index >= 15 is 0 Å². The molecular formula is C17H19ClFN. The number of rotatable bonds is 5. The van der Waals surface area contributed by atoms with Gasteiger partial charge in [-0.3, -0.25) is 0 Å². The van der Waals surface area contributed by atoms with Crippen molar-refractivity contribution in [3.63, 3.8) is 0 Å². The fourth-order valence-electron chi connectivity index (χ4n) is 2.28. The van der Waals surface area contributed by atoms with Gasteiger partial charge < -0.3 is 5.32 Å². The molecule has 3 heteroatoms. The molecule has 0 spiro atoms. The molecular weight excluding hydrogens is 273 g/mol. The standard InChI is InChI=1S/C17H19ClFN/c1-3-20-12(2)10-13-4-6-14(7-5-13)15-8-9-17(19)16(18)11-15/h4-9,11-12,20H,3,10H2,1-2H3. The first-order chi connectivity index (χ1) is 9.60. The third-order valence-corrected chi connectivity index (χ3v) is 3.59. The van der Waals surface area contributed by atoms with E-state index in [1.807, 2.05) is 0 Å². The Balaban J connectivity index is 2.13. The minimum absolute atomic E-state index is 0.160. The molecule has 0 aliphatic carbocycles. The molecule has 0 saturated heterocycles. The van der Waals surface area contributed by atoms with Gasteiger partial charge in [0.1, 0.15) is 5.82 Å². The molecule has 0 heterocycles. The molecule has 1 atom stereocenters. The van der Waals surface area contributed by atoms with Crippen LogP contribution in [0, 0.1) is 5.82 Å². The zero-order chi connectivity index (χ0) is 14.5. The number of halogens is 2. The van der Waals surface area contributed by atoms with Crippen molar-refractivity contribution in [2.24, 2.45) is 0 Å². The molecule has 0 fully saturated rings. The van der Waals surface area contributed by atoms with Gasteiger partial charge in [0.05, 0.1) is 5.02 Å². The molecule has 2 aromatic carbocycles. The number of likely N-dealkylation sites (N-methyl/N-ethyl adjacent to an activating group) is 1. The van der Waals surface area contributed by atoms with Crippen LogP contribution in [0.2, 0.25) is 5.02 Å². The lowest BCUT2D eigenvalue weighted by atomic mass is 10.0. The maximum atomic E-state index is 13.2. The van der Waals surface area contributed by atoms with E-state index in [4.69, 9.17) is 11.6 Å². The van der Waals surface area contributed by atoms with Crippen molar-refractivity contribution in [2.75, 3.05) is 6.54 Å². The van der Waals surface area contributed by atoms with Crippen molar-refractivity contribution < 1.29 is 4.39 Å². The summed E-state index contributed by atoms with van der Waals surface area (Å²) in [6.45, 7) is 5.27. The third kappa shape index (κ3) is 3.81. The molecule has 0 amide bonds. The zero-order valence-electron chi connectivity index (χ0n) is 11.8. The molecule has 0 aliphatic heterocycles. The van der Waals surface area contributed by atoms with Crippen molar-refractivity contribution in [1.82, 2.24) is 5.32 Å². The molecule has 0 saturated carbocycles. The lowest BCUT2D eigenvalue weighted by Gasteiger charge is -2.12. The van der Waals surface area contributed by atoms with Crippen LogP contribution >= 0.6 is 11.6 Å². The second-order valence-electron chi connectivity index (χ2n) is 4.99. The molecule has 0 radical (unpaired) electrons. The lowest BCUT2D eigenvalue weighted by Crippen LogP contribution is -2.27. The molecule has 1 nitrogen and oxygen atoms in total. The normalized spacial score (nSPS) is 12.4. The summed E-state index contributed by atoms with van der Waals surface area (Å²) in [5, 5.41) is 3.55. The Morgan fingerprint density at radius 3 is 2.35 bits per heavy atom. The van der Waals surface area contributed by atoms with Gasteiger partial charge in [0.2, 0.25) is 0 Å². The van der Waals surface area contributed by atoms with Crippen molar-refractivity contribution in [2.45, 2.75) is 26.3 Å². The Morgan fingerprint density at radius 2 is 1.75 bits per heavy atom. The van der Waals surface area contributed by atoms with E-state index in [0.29, 0.717) is 6.04 Å². The number of hydrogen-bond donors (Lipinski definition) is 1. The van der Waals surface area contributed by atoms with Gasteiger partial charge in [-0.05, 0) is 48.7 Å². The second-order valence-corrected chi connectivity index (χ2v) is 5.40. The van der Waals surface area contributed by atoms with Crippen LogP contribution in [0.5, 0.6) is 0 Å². The van der Waals surface area contributed by atoms with E-state index in [1.165, 1.54) is 11.6 Å². The van der Waals surface area contributed by atoms with E-state index in [-0.39, 0.29) is 10.8 Å². The summed E-state index contributed by atoms with van der Waals surface area (Å²) in [5.41, 5.74) is 3.27. The van der Waals surface area contributed by atoms with E-state index in [2.05, 4.69) is 43.4 Å². The largest absolute Gasteiger partial charge is 0.314 e. The van der Waals surface area contributed by atoms with Gasteiger partial charge >= 0.3 is 0 Å². The highest BCUT2D eigenvalue weighted by Crippen LogP contribution is 2.25. The Labute approximate surface area is 124 Å². The molecule has 20 heavy (non-hydrogen) atoms. The highest BCUT2D eigenvalue weighted by molar-refractivity contribution is 6.31. The fraction of sp³-hybridized carbons (Fsp3) is 0.294. The topological polar surface area (TPSA) is 12.0 Å². The van der Waals surface area contributed by atoms with Crippen LogP contribution in [0.25, 0.3) is 11.1 Å². The third-order valence-electron chi connectivity index (χ3n) is 3.30. The zero-order valence-corrected chi connectivity index (χ0v) is 12.5. The minimum Gasteiger partial charge on any atom is -0.314 e. The van der Waals surface area contributed by atoms with Crippen molar-refractivity contribution in [3.8, 4) is 11.1 Å². The summed E-state index contributed by atoms with van der Waals surface area (Å²) < 4.78 is 13.2. The van der Waals surface area contributed by atoms with Gasteiger partial charge in [0, 0.05) is 6.04 Å². The van der Waals surface area contributed by atoms with Crippen LogP contribution in [0.1, 0.15) is 19.4 Å². The van der Waals surface area contributed by atoms with Crippen LogP contribution in [0.3, 0.4) is 0 Å². The molecule has 0 bridgehead atoms. The Hall–Kier alpha value is -1.38. The summed E-state index contributed by atoms with van der Waals surface area (Å²) >= 11 is 5.82. The smallest absolute Gasteiger partial charge is 0.141 e. The summed E-state index contributed by atoms with van der Waals surface area (Å²) in [4.78, 5) is 0. The van der Waals surface area contributed by atoms with Gasteiger partial charge in [-0.15, -0.1) is 0 Å². The lowest BCUT2D eigenvalue weighted by molar-refractivity contribution is 0.565. The van der Waals surface area contributed by atoms with Gasteiger partial charge in [0.15, 0.2) is 0 Å². The first-order valence-electron chi connectivity index (χ1n) is 6.88. The molecule has 106 valence electrons. The summed E-state index contributed by atoms with van der Waals surface area (Å²) in [7, 11) is 0. The molecule has 1 unspecified atom stereocenters. The average Bonchev–Trinajstić information content (AvgIpc) is 2.43. The van der Waals surface area contributed by atoms with Gasteiger partial charge in [0.25, 0.3) is 0 Å². The van der Waals surface area contributed by atoms with E-state index in [9.17, 15) is 4.39 Å². The van der Waals surface area contributed by atoms with Crippen LogP contribution in [-0.2, 0) is 6.42 Å². The van der Waals surface area contributed by atoms with Crippen LogP contribution < -0.4 is 5.32 Å². The Kier molecular flexibility index (Phi) is 5.16. The molecule has 2 rings (SSSR count). The van der Waals surface area contributed by atoms with E-state index < -0.39 is 0 Å². The Bertz CT molecular complexity index is 566. The van der Waals surface area contributed by atoms with Crippen molar-refractivity contribution >= 4 is 11.6 Å².